The molecule has 0 aliphatic rings. The third-order valence-corrected chi connectivity index (χ3v) is 3.83. The Labute approximate surface area is 157 Å². The summed E-state index contributed by atoms with van der Waals surface area (Å²) in [5, 5.41) is 2.88. The molecule has 1 aromatic heterocycles. The van der Waals surface area contributed by atoms with Crippen molar-refractivity contribution < 1.29 is 18.8 Å². The van der Waals surface area contributed by atoms with Crippen molar-refractivity contribution in [3.63, 3.8) is 0 Å². The SMILES string of the molecule is Cc1cc(C)c(NC(=O)CN(C)CC(=O)NNC(=O)c2ccco2)c(C)c1. The van der Waals surface area contributed by atoms with E-state index >= 15 is 0 Å². The number of hydrazine groups is 1. The van der Waals surface area contributed by atoms with E-state index in [0.717, 1.165) is 22.4 Å². The fraction of sp³-hybridized carbons (Fsp3) is 0.316. The van der Waals surface area contributed by atoms with Crippen LogP contribution in [-0.4, -0.2) is 42.8 Å². The normalized spacial score (nSPS) is 10.6. The van der Waals surface area contributed by atoms with Crippen molar-refractivity contribution in [1.82, 2.24) is 15.8 Å². The lowest BCUT2D eigenvalue weighted by Crippen LogP contribution is -2.46. The second-order valence-electron chi connectivity index (χ2n) is 6.47. The molecule has 0 aliphatic heterocycles. The molecule has 0 spiro atoms. The van der Waals surface area contributed by atoms with Crippen molar-refractivity contribution in [2.75, 3.05) is 25.5 Å². The van der Waals surface area contributed by atoms with E-state index in [1.54, 1.807) is 18.0 Å². The highest BCUT2D eigenvalue weighted by atomic mass is 16.3. The molecule has 8 nitrogen and oxygen atoms in total. The van der Waals surface area contributed by atoms with E-state index in [1.807, 2.05) is 32.9 Å². The lowest BCUT2D eigenvalue weighted by molar-refractivity contribution is -0.123. The number of aryl methyl sites for hydroxylation is 3. The first kappa shape index (κ1) is 20.2. The molecular weight excluding hydrogens is 348 g/mol. The molecule has 0 radical (unpaired) electrons. The maximum Gasteiger partial charge on any atom is 0.305 e. The largest absolute Gasteiger partial charge is 0.459 e. The summed E-state index contributed by atoms with van der Waals surface area (Å²) in [5.74, 6) is -1.14. The number of anilines is 1. The van der Waals surface area contributed by atoms with Crippen LogP contribution in [0.3, 0.4) is 0 Å². The zero-order chi connectivity index (χ0) is 20.0. The van der Waals surface area contributed by atoms with E-state index < -0.39 is 11.8 Å². The predicted molar refractivity (Wildman–Crippen MR) is 101 cm³/mol. The van der Waals surface area contributed by atoms with Crippen LogP contribution in [0.1, 0.15) is 27.2 Å². The summed E-state index contributed by atoms with van der Waals surface area (Å²) in [6.45, 7) is 5.86. The quantitative estimate of drug-likeness (QED) is 0.667. The molecule has 2 rings (SSSR count). The number of rotatable bonds is 6. The highest BCUT2D eigenvalue weighted by Gasteiger charge is 2.14. The summed E-state index contributed by atoms with van der Waals surface area (Å²) in [5.41, 5.74) is 8.42. The summed E-state index contributed by atoms with van der Waals surface area (Å²) in [6.07, 6.45) is 1.36. The van der Waals surface area contributed by atoms with Gasteiger partial charge in [0.15, 0.2) is 5.76 Å². The highest BCUT2D eigenvalue weighted by molar-refractivity contribution is 5.95. The Morgan fingerprint density at radius 2 is 1.63 bits per heavy atom. The van der Waals surface area contributed by atoms with Gasteiger partial charge in [0.25, 0.3) is 5.91 Å². The monoisotopic (exact) mass is 372 g/mol. The first-order chi connectivity index (χ1) is 12.8. The van der Waals surface area contributed by atoms with Gasteiger partial charge in [0.05, 0.1) is 19.4 Å². The molecule has 3 N–H and O–H groups in total. The third kappa shape index (κ3) is 5.96. The maximum absolute atomic E-state index is 12.2. The molecule has 0 fully saturated rings. The van der Waals surface area contributed by atoms with E-state index in [4.69, 9.17) is 4.42 Å². The number of nitrogens with zero attached hydrogens (tertiary/aromatic N) is 1. The number of likely N-dealkylation sites (N-methyl/N-ethyl adjacent to an activating group) is 1. The van der Waals surface area contributed by atoms with Crippen molar-refractivity contribution in [3.8, 4) is 0 Å². The zero-order valence-corrected chi connectivity index (χ0v) is 15.9. The zero-order valence-electron chi connectivity index (χ0n) is 15.9. The average Bonchev–Trinajstić information content (AvgIpc) is 3.10. The van der Waals surface area contributed by atoms with Gasteiger partial charge in [-0.3, -0.25) is 30.1 Å². The summed E-state index contributed by atoms with van der Waals surface area (Å²) in [6, 6.07) is 7.05. The van der Waals surface area contributed by atoms with Crippen LogP contribution in [0, 0.1) is 20.8 Å². The van der Waals surface area contributed by atoms with E-state index in [1.165, 1.54) is 12.3 Å². The van der Waals surface area contributed by atoms with Gasteiger partial charge in [-0.25, -0.2) is 0 Å². The summed E-state index contributed by atoms with van der Waals surface area (Å²) < 4.78 is 4.92. The van der Waals surface area contributed by atoms with Gasteiger partial charge in [0.1, 0.15) is 0 Å². The van der Waals surface area contributed by atoms with Crippen LogP contribution in [0.25, 0.3) is 0 Å². The van der Waals surface area contributed by atoms with Gasteiger partial charge in [0, 0.05) is 5.69 Å². The minimum Gasteiger partial charge on any atom is -0.459 e. The van der Waals surface area contributed by atoms with Crippen LogP contribution < -0.4 is 16.2 Å². The summed E-state index contributed by atoms with van der Waals surface area (Å²) in [4.78, 5) is 37.3. The number of carbonyl (C=O) groups excluding carboxylic acids is 3. The lowest BCUT2D eigenvalue weighted by Gasteiger charge is -2.18. The number of furan rings is 1. The minimum absolute atomic E-state index is 0.0340. The Balaban J connectivity index is 1.79. The molecule has 144 valence electrons. The standard InChI is InChI=1S/C19H24N4O4/c1-12-8-13(2)18(14(3)9-12)20-16(24)10-23(4)11-17(25)21-22-19(26)15-6-5-7-27-15/h5-9H,10-11H2,1-4H3,(H,20,24)(H,21,25)(H,22,26). The molecule has 27 heavy (non-hydrogen) atoms. The first-order valence-corrected chi connectivity index (χ1v) is 8.45. The predicted octanol–water partition coefficient (Wildman–Crippen LogP) is 1.54. The van der Waals surface area contributed by atoms with Gasteiger partial charge in [0.2, 0.25) is 5.91 Å². The lowest BCUT2D eigenvalue weighted by atomic mass is 10.1. The van der Waals surface area contributed by atoms with E-state index in [0.29, 0.717) is 0 Å². The summed E-state index contributed by atoms with van der Waals surface area (Å²) >= 11 is 0. The van der Waals surface area contributed by atoms with Gasteiger partial charge < -0.3 is 9.73 Å². The van der Waals surface area contributed by atoms with Crippen LogP contribution >= 0.6 is 0 Å². The molecule has 1 heterocycles. The third-order valence-electron chi connectivity index (χ3n) is 3.83. The molecule has 0 unspecified atom stereocenters. The van der Waals surface area contributed by atoms with Crippen molar-refractivity contribution >= 4 is 23.4 Å². The number of amides is 3. The average molecular weight is 372 g/mol. The van der Waals surface area contributed by atoms with E-state index in [2.05, 4.69) is 16.2 Å². The van der Waals surface area contributed by atoms with Crippen molar-refractivity contribution in [2.45, 2.75) is 20.8 Å². The van der Waals surface area contributed by atoms with Crippen LogP contribution in [0.4, 0.5) is 5.69 Å². The van der Waals surface area contributed by atoms with E-state index in [9.17, 15) is 14.4 Å². The van der Waals surface area contributed by atoms with Crippen LogP contribution in [0.5, 0.6) is 0 Å². The van der Waals surface area contributed by atoms with E-state index in [-0.39, 0.29) is 24.8 Å². The Kier molecular flexibility index (Phi) is 6.73. The number of hydrogen-bond acceptors (Lipinski definition) is 5. The molecule has 0 bridgehead atoms. The second kappa shape index (κ2) is 9.00. The van der Waals surface area contributed by atoms with Crippen LogP contribution in [0.2, 0.25) is 0 Å². The second-order valence-corrected chi connectivity index (χ2v) is 6.47. The van der Waals surface area contributed by atoms with Crippen molar-refractivity contribution in [2.24, 2.45) is 0 Å². The number of hydrogen-bond donors (Lipinski definition) is 3. The van der Waals surface area contributed by atoms with Gasteiger partial charge >= 0.3 is 5.91 Å². The molecule has 0 saturated heterocycles. The molecule has 1 aromatic carbocycles. The first-order valence-electron chi connectivity index (χ1n) is 8.45. The molecule has 0 atom stereocenters. The topological polar surface area (TPSA) is 104 Å². The maximum atomic E-state index is 12.2. The molecule has 0 aliphatic carbocycles. The van der Waals surface area contributed by atoms with Crippen LogP contribution in [0.15, 0.2) is 34.9 Å². The Morgan fingerprint density at radius 1 is 1.00 bits per heavy atom. The van der Waals surface area contributed by atoms with Gasteiger partial charge in [-0.2, -0.15) is 0 Å². The highest BCUT2D eigenvalue weighted by Crippen LogP contribution is 2.21. The number of nitrogens with one attached hydrogen (secondary N) is 3. The molecule has 8 heteroatoms. The fourth-order valence-electron chi connectivity index (χ4n) is 2.74. The summed E-state index contributed by atoms with van der Waals surface area (Å²) in [7, 11) is 1.64. The number of carbonyl (C=O) groups is 3. The number of benzene rings is 1. The van der Waals surface area contributed by atoms with Crippen molar-refractivity contribution in [3.05, 3.63) is 53.0 Å². The molecule has 0 saturated carbocycles. The fourth-order valence-corrected chi connectivity index (χ4v) is 2.74. The Hall–Kier alpha value is -3.13. The Bertz CT molecular complexity index is 807. The van der Waals surface area contributed by atoms with Gasteiger partial charge in [-0.1, -0.05) is 17.7 Å². The smallest absolute Gasteiger partial charge is 0.305 e. The van der Waals surface area contributed by atoms with Crippen LogP contribution in [-0.2, 0) is 9.59 Å². The molecule has 3 amide bonds. The molecular formula is C19H24N4O4. The van der Waals surface area contributed by atoms with Gasteiger partial charge in [-0.05, 0) is 51.1 Å². The van der Waals surface area contributed by atoms with Gasteiger partial charge in [-0.15, -0.1) is 0 Å². The molecule has 2 aromatic rings. The minimum atomic E-state index is -0.556. The van der Waals surface area contributed by atoms with Crippen molar-refractivity contribution in [1.29, 1.82) is 0 Å². The Morgan fingerprint density at radius 3 is 2.22 bits per heavy atom.